The molecular formula is C15H20F2N4. The fraction of sp³-hybridized carbons (Fsp3) is 0.400. The van der Waals surface area contributed by atoms with E-state index >= 15 is 0 Å². The van der Waals surface area contributed by atoms with Crippen LogP contribution in [0.25, 0.3) is 0 Å². The molecule has 0 spiro atoms. The summed E-state index contributed by atoms with van der Waals surface area (Å²) >= 11 is 0. The van der Waals surface area contributed by atoms with Gasteiger partial charge in [-0.3, -0.25) is 4.68 Å². The first-order valence-electron chi connectivity index (χ1n) is 6.84. The third kappa shape index (κ3) is 4.26. The summed E-state index contributed by atoms with van der Waals surface area (Å²) in [5.41, 5.74) is 1.08. The van der Waals surface area contributed by atoms with E-state index in [-0.39, 0.29) is 6.04 Å². The van der Waals surface area contributed by atoms with Crippen LogP contribution in [0.1, 0.15) is 18.5 Å². The maximum absolute atomic E-state index is 13.7. The fourth-order valence-corrected chi connectivity index (χ4v) is 2.04. The predicted octanol–water partition coefficient (Wildman–Crippen LogP) is 2.90. The molecule has 1 unspecified atom stereocenters. The van der Waals surface area contributed by atoms with Crippen LogP contribution in [-0.4, -0.2) is 35.3 Å². The van der Waals surface area contributed by atoms with Crippen LogP contribution >= 0.6 is 0 Å². The number of hydrogen-bond donors (Lipinski definition) is 1. The second-order valence-corrected chi connectivity index (χ2v) is 5.33. The fourth-order valence-electron chi connectivity index (χ4n) is 2.04. The van der Waals surface area contributed by atoms with Crippen molar-refractivity contribution in [2.75, 3.05) is 26.0 Å². The number of aromatic nitrogens is 2. The predicted molar refractivity (Wildman–Crippen MR) is 79.2 cm³/mol. The molecule has 6 heteroatoms. The Balaban J connectivity index is 2.02. The summed E-state index contributed by atoms with van der Waals surface area (Å²) in [6, 6.07) is 3.13. The van der Waals surface area contributed by atoms with Crippen molar-refractivity contribution in [3.63, 3.8) is 0 Å². The topological polar surface area (TPSA) is 33.1 Å². The van der Waals surface area contributed by atoms with Gasteiger partial charge in [-0.2, -0.15) is 5.10 Å². The molecule has 0 saturated heterocycles. The van der Waals surface area contributed by atoms with Gasteiger partial charge >= 0.3 is 0 Å². The molecule has 0 bridgehead atoms. The number of rotatable bonds is 6. The Morgan fingerprint density at radius 3 is 2.81 bits per heavy atom. The zero-order valence-electron chi connectivity index (χ0n) is 12.5. The summed E-state index contributed by atoms with van der Waals surface area (Å²) in [5.74, 6) is -0.863. The molecule has 0 fully saturated rings. The molecule has 1 N–H and O–H groups in total. The summed E-state index contributed by atoms with van der Waals surface area (Å²) in [5, 5.41) is 7.37. The van der Waals surface area contributed by atoms with Crippen molar-refractivity contribution in [3.8, 4) is 0 Å². The van der Waals surface area contributed by atoms with Crippen LogP contribution in [0.15, 0.2) is 30.6 Å². The lowest BCUT2D eigenvalue weighted by Crippen LogP contribution is -2.18. The Bertz CT molecular complexity index is 595. The highest BCUT2D eigenvalue weighted by Gasteiger charge is 2.12. The molecule has 114 valence electrons. The molecule has 21 heavy (non-hydrogen) atoms. The minimum Gasteiger partial charge on any atom is -0.376 e. The van der Waals surface area contributed by atoms with Gasteiger partial charge in [0.15, 0.2) is 0 Å². The molecule has 1 aromatic heterocycles. The van der Waals surface area contributed by atoms with Crippen LogP contribution in [0.3, 0.4) is 0 Å². The molecule has 4 nitrogen and oxygen atoms in total. The van der Waals surface area contributed by atoms with Crippen LogP contribution in [0, 0.1) is 11.6 Å². The van der Waals surface area contributed by atoms with Gasteiger partial charge in [0.2, 0.25) is 0 Å². The largest absolute Gasteiger partial charge is 0.376 e. The third-order valence-corrected chi connectivity index (χ3v) is 3.22. The van der Waals surface area contributed by atoms with E-state index in [0.717, 1.165) is 30.9 Å². The van der Waals surface area contributed by atoms with Crippen LogP contribution in [-0.2, 0) is 6.54 Å². The lowest BCUT2D eigenvalue weighted by molar-refractivity contribution is 0.373. The normalized spacial score (nSPS) is 12.7. The van der Waals surface area contributed by atoms with E-state index in [0.29, 0.717) is 5.56 Å². The second kappa shape index (κ2) is 6.67. The molecule has 0 amide bonds. The van der Waals surface area contributed by atoms with E-state index in [4.69, 9.17) is 0 Å². The summed E-state index contributed by atoms with van der Waals surface area (Å²) in [7, 11) is 3.99. The average molecular weight is 294 g/mol. The van der Waals surface area contributed by atoms with Crippen molar-refractivity contribution < 1.29 is 8.78 Å². The Hall–Kier alpha value is -1.95. The molecule has 0 radical (unpaired) electrons. The van der Waals surface area contributed by atoms with E-state index in [1.54, 1.807) is 13.1 Å². The summed E-state index contributed by atoms with van der Waals surface area (Å²) in [6.45, 7) is 3.45. The lowest BCUT2D eigenvalue weighted by Gasteiger charge is -2.15. The van der Waals surface area contributed by atoms with Gasteiger partial charge < -0.3 is 10.2 Å². The van der Waals surface area contributed by atoms with Gasteiger partial charge in [0.1, 0.15) is 11.6 Å². The van der Waals surface area contributed by atoms with Crippen LogP contribution in [0.4, 0.5) is 14.5 Å². The average Bonchev–Trinajstić information content (AvgIpc) is 2.86. The van der Waals surface area contributed by atoms with Gasteiger partial charge in [-0.05, 0) is 39.2 Å². The monoisotopic (exact) mass is 294 g/mol. The summed E-state index contributed by atoms with van der Waals surface area (Å²) in [6.07, 6.45) is 3.54. The van der Waals surface area contributed by atoms with Crippen molar-refractivity contribution >= 4 is 5.69 Å². The third-order valence-electron chi connectivity index (χ3n) is 3.22. The Morgan fingerprint density at radius 1 is 1.33 bits per heavy atom. The standard InChI is InChI=1S/C15H20F2N4/c1-11(14-8-12(16)4-5-15(14)17)19-13-9-18-21(10-13)7-6-20(2)3/h4-5,8-11,19H,6-7H2,1-3H3. The van der Waals surface area contributed by atoms with Crippen LogP contribution < -0.4 is 5.32 Å². The van der Waals surface area contributed by atoms with Crippen LogP contribution in [0.2, 0.25) is 0 Å². The first-order valence-corrected chi connectivity index (χ1v) is 6.84. The van der Waals surface area contributed by atoms with Gasteiger partial charge in [-0.25, -0.2) is 8.78 Å². The van der Waals surface area contributed by atoms with Gasteiger partial charge in [0.25, 0.3) is 0 Å². The molecule has 1 atom stereocenters. The summed E-state index contributed by atoms with van der Waals surface area (Å²) < 4.78 is 28.7. The van der Waals surface area contributed by atoms with Crippen molar-refractivity contribution in [2.45, 2.75) is 19.5 Å². The molecule has 2 rings (SSSR count). The number of anilines is 1. The zero-order chi connectivity index (χ0) is 15.4. The smallest absolute Gasteiger partial charge is 0.128 e. The highest BCUT2D eigenvalue weighted by atomic mass is 19.1. The quantitative estimate of drug-likeness (QED) is 0.889. The van der Waals surface area contributed by atoms with E-state index < -0.39 is 11.6 Å². The molecule has 0 aliphatic carbocycles. The SMILES string of the molecule is CC(Nc1cnn(CCN(C)C)c1)c1cc(F)ccc1F. The minimum absolute atomic E-state index is 0.302. The van der Waals surface area contributed by atoms with E-state index in [1.807, 2.05) is 25.0 Å². The number of likely N-dealkylation sites (N-methyl/N-ethyl adjacent to an activating group) is 1. The molecule has 1 aromatic carbocycles. The number of benzene rings is 1. The first-order chi connectivity index (χ1) is 9.95. The van der Waals surface area contributed by atoms with Crippen molar-refractivity contribution in [1.82, 2.24) is 14.7 Å². The van der Waals surface area contributed by atoms with Gasteiger partial charge in [0, 0.05) is 18.3 Å². The molecule has 2 aromatic rings. The van der Waals surface area contributed by atoms with E-state index in [1.165, 1.54) is 6.07 Å². The summed E-state index contributed by atoms with van der Waals surface area (Å²) in [4.78, 5) is 2.07. The van der Waals surface area contributed by atoms with Crippen molar-refractivity contribution in [1.29, 1.82) is 0 Å². The molecular weight excluding hydrogens is 274 g/mol. The number of halogens is 2. The van der Waals surface area contributed by atoms with Gasteiger partial charge in [-0.15, -0.1) is 0 Å². The maximum atomic E-state index is 13.7. The zero-order valence-corrected chi connectivity index (χ0v) is 12.5. The number of nitrogens with zero attached hydrogens (tertiary/aromatic N) is 3. The van der Waals surface area contributed by atoms with Gasteiger partial charge in [0.05, 0.1) is 24.5 Å². The lowest BCUT2D eigenvalue weighted by atomic mass is 10.1. The molecule has 0 aliphatic heterocycles. The Kier molecular flexibility index (Phi) is 4.90. The minimum atomic E-state index is -0.443. The molecule has 1 heterocycles. The Morgan fingerprint density at radius 2 is 2.10 bits per heavy atom. The van der Waals surface area contributed by atoms with E-state index in [9.17, 15) is 8.78 Å². The number of hydrogen-bond acceptors (Lipinski definition) is 3. The van der Waals surface area contributed by atoms with Gasteiger partial charge in [-0.1, -0.05) is 0 Å². The first kappa shape index (κ1) is 15.4. The van der Waals surface area contributed by atoms with E-state index in [2.05, 4.69) is 15.3 Å². The number of nitrogens with one attached hydrogen (secondary N) is 1. The van der Waals surface area contributed by atoms with Crippen LogP contribution in [0.5, 0.6) is 0 Å². The highest BCUT2D eigenvalue weighted by Crippen LogP contribution is 2.22. The van der Waals surface area contributed by atoms with Crippen molar-refractivity contribution in [3.05, 3.63) is 47.8 Å². The highest BCUT2D eigenvalue weighted by molar-refractivity contribution is 5.41. The Labute approximate surface area is 123 Å². The second-order valence-electron chi connectivity index (χ2n) is 5.33. The maximum Gasteiger partial charge on any atom is 0.128 e. The van der Waals surface area contributed by atoms with Crippen molar-refractivity contribution in [2.24, 2.45) is 0 Å². The molecule has 0 aliphatic rings. The molecule has 0 saturated carbocycles.